The van der Waals surface area contributed by atoms with Crippen molar-refractivity contribution in [1.82, 2.24) is 9.97 Å². The molecule has 4 aromatic rings. The monoisotopic (exact) mass is 356 g/mol. The molecule has 0 aliphatic rings. The van der Waals surface area contributed by atoms with E-state index in [4.69, 9.17) is 9.47 Å². The molecule has 0 aliphatic heterocycles. The Balaban J connectivity index is 1.46. The lowest BCUT2D eigenvalue weighted by Gasteiger charge is -2.15. The average molecular weight is 356 g/mol. The van der Waals surface area contributed by atoms with Gasteiger partial charge in [-0.15, -0.1) is 0 Å². The van der Waals surface area contributed by atoms with Gasteiger partial charge in [0.1, 0.15) is 17.8 Å². The largest absolute Gasteiger partial charge is 0.477 e. The van der Waals surface area contributed by atoms with Crippen molar-refractivity contribution in [2.45, 2.75) is 12.8 Å². The van der Waals surface area contributed by atoms with Gasteiger partial charge in [-0.25, -0.2) is 9.97 Å². The Labute approximate surface area is 158 Å². The molecule has 1 unspecified atom stereocenters. The average Bonchev–Trinajstić information content (AvgIpc) is 2.73. The number of benzene rings is 3. The summed E-state index contributed by atoms with van der Waals surface area (Å²) in [4.78, 5) is 8.56. The second-order valence-electron chi connectivity index (χ2n) is 6.40. The van der Waals surface area contributed by atoms with Crippen LogP contribution in [-0.4, -0.2) is 16.6 Å². The van der Waals surface area contributed by atoms with E-state index in [1.54, 1.807) is 0 Å². The molecule has 1 atom stereocenters. The highest BCUT2D eigenvalue weighted by Crippen LogP contribution is 2.27. The summed E-state index contributed by atoms with van der Waals surface area (Å²) >= 11 is 0. The van der Waals surface area contributed by atoms with Crippen LogP contribution >= 0.6 is 0 Å². The molecule has 0 saturated carbocycles. The van der Waals surface area contributed by atoms with Crippen LogP contribution in [0.3, 0.4) is 0 Å². The SMILES string of the molecule is CC(COc1ncnc2ccccc12)c1cccc(Oc2ccccc2)c1. The molecule has 4 nitrogen and oxygen atoms in total. The molecular weight excluding hydrogens is 336 g/mol. The standard InChI is InChI=1S/C23H20N2O2/c1-17(15-26-23-21-12-5-6-13-22(21)24-16-25-23)18-8-7-11-20(14-18)27-19-9-3-2-4-10-19/h2-14,16-17H,15H2,1H3. The first-order valence-electron chi connectivity index (χ1n) is 8.95. The Morgan fingerprint density at radius 3 is 2.48 bits per heavy atom. The van der Waals surface area contributed by atoms with Gasteiger partial charge in [-0.05, 0) is 42.0 Å². The first kappa shape index (κ1) is 17.0. The van der Waals surface area contributed by atoms with Crippen molar-refractivity contribution in [2.75, 3.05) is 6.61 Å². The number of aromatic nitrogens is 2. The number of nitrogens with zero attached hydrogens (tertiary/aromatic N) is 2. The van der Waals surface area contributed by atoms with Gasteiger partial charge in [0.25, 0.3) is 0 Å². The van der Waals surface area contributed by atoms with E-state index in [2.05, 4.69) is 29.0 Å². The van der Waals surface area contributed by atoms with Crippen LogP contribution in [-0.2, 0) is 0 Å². The smallest absolute Gasteiger partial charge is 0.224 e. The number of fused-ring (bicyclic) bond motifs is 1. The molecular formula is C23H20N2O2. The third kappa shape index (κ3) is 4.06. The Morgan fingerprint density at radius 2 is 1.59 bits per heavy atom. The fourth-order valence-corrected chi connectivity index (χ4v) is 2.90. The van der Waals surface area contributed by atoms with Crippen LogP contribution in [0.4, 0.5) is 0 Å². The number of hydrogen-bond acceptors (Lipinski definition) is 4. The minimum absolute atomic E-state index is 0.193. The molecule has 4 heteroatoms. The van der Waals surface area contributed by atoms with Gasteiger partial charge in [-0.3, -0.25) is 0 Å². The molecule has 0 bridgehead atoms. The molecule has 1 aromatic heterocycles. The lowest BCUT2D eigenvalue weighted by molar-refractivity contribution is 0.288. The molecule has 134 valence electrons. The molecule has 0 N–H and O–H groups in total. The summed E-state index contributed by atoms with van der Waals surface area (Å²) in [6.45, 7) is 2.65. The fraction of sp³-hybridized carbons (Fsp3) is 0.130. The lowest BCUT2D eigenvalue weighted by Crippen LogP contribution is -2.08. The van der Waals surface area contributed by atoms with Gasteiger partial charge in [0.15, 0.2) is 0 Å². The van der Waals surface area contributed by atoms with Crippen molar-refractivity contribution in [2.24, 2.45) is 0 Å². The summed E-state index contributed by atoms with van der Waals surface area (Å²) < 4.78 is 11.9. The van der Waals surface area contributed by atoms with Gasteiger partial charge in [0.2, 0.25) is 5.88 Å². The van der Waals surface area contributed by atoms with Crippen molar-refractivity contribution in [1.29, 1.82) is 0 Å². The van der Waals surface area contributed by atoms with E-state index in [0.29, 0.717) is 12.5 Å². The maximum Gasteiger partial charge on any atom is 0.224 e. The van der Waals surface area contributed by atoms with E-state index < -0.39 is 0 Å². The summed E-state index contributed by atoms with van der Waals surface area (Å²) in [7, 11) is 0. The highest BCUT2D eigenvalue weighted by atomic mass is 16.5. The molecule has 3 aromatic carbocycles. The van der Waals surface area contributed by atoms with E-state index >= 15 is 0 Å². The summed E-state index contributed by atoms with van der Waals surface area (Å²) in [5, 5.41) is 0.924. The normalized spacial score (nSPS) is 11.9. The third-order valence-electron chi connectivity index (χ3n) is 4.38. The molecule has 1 heterocycles. The van der Waals surface area contributed by atoms with Crippen molar-refractivity contribution in [3.63, 3.8) is 0 Å². The van der Waals surface area contributed by atoms with Crippen molar-refractivity contribution < 1.29 is 9.47 Å². The Hall–Kier alpha value is -3.40. The molecule has 4 rings (SSSR count). The number of ether oxygens (including phenoxy) is 2. The fourth-order valence-electron chi connectivity index (χ4n) is 2.90. The van der Waals surface area contributed by atoms with Crippen LogP contribution in [0.5, 0.6) is 17.4 Å². The van der Waals surface area contributed by atoms with Crippen LogP contribution in [0.15, 0.2) is 85.2 Å². The molecule has 0 fully saturated rings. The maximum atomic E-state index is 6.00. The van der Waals surface area contributed by atoms with E-state index in [1.165, 1.54) is 6.33 Å². The van der Waals surface area contributed by atoms with Gasteiger partial charge in [-0.2, -0.15) is 0 Å². The van der Waals surface area contributed by atoms with Crippen molar-refractivity contribution in [3.05, 3.63) is 90.8 Å². The van der Waals surface area contributed by atoms with E-state index in [-0.39, 0.29) is 5.92 Å². The Kier molecular flexibility index (Phi) is 4.97. The molecule has 27 heavy (non-hydrogen) atoms. The topological polar surface area (TPSA) is 44.2 Å². The number of rotatable bonds is 6. The minimum Gasteiger partial charge on any atom is -0.477 e. The summed E-state index contributed by atoms with van der Waals surface area (Å²) in [5.41, 5.74) is 2.04. The second kappa shape index (κ2) is 7.87. The first-order valence-corrected chi connectivity index (χ1v) is 8.95. The summed E-state index contributed by atoms with van der Waals surface area (Å²) in [6, 6.07) is 25.7. The zero-order valence-electron chi connectivity index (χ0n) is 15.1. The molecule has 0 aliphatic carbocycles. The molecule has 0 amide bonds. The van der Waals surface area contributed by atoms with Crippen LogP contribution in [0, 0.1) is 0 Å². The summed E-state index contributed by atoms with van der Waals surface area (Å²) in [6.07, 6.45) is 1.54. The molecule has 0 spiro atoms. The van der Waals surface area contributed by atoms with Gasteiger partial charge in [0, 0.05) is 5.92 Å². The van der Waals surface area contributed by atoms with Crippen LogP contribution in [0.2, 0.25) is 0 Å². The number of hydrogen-bond donors (Lipinski definition) is 0. The van der Waals surface area contributed by atoms with Crippen molar-refractivity contribution >= 4 is 10.9 Å². The van der Waals surface area contributed by atoms with Crippen LogP contribution in [0.1, 0.15) is 18.4 Å². The van der Waals surface area contributed by atoms with E-state index in [9.17, 15) is 0 Å². The predicted molar refractivity (Wildman–Crippen MR) is 106 cm³/mol. The predicted octanol–water partition coefficient (Wildman–Crippen LogP) is 5.60. The summed E-state index contributed by atoms with van der Waals surface area (Å²) in [5.74, 6) is 2.45. The van der Waals surface area contributed by atoms with Gasteiger partial charge >= 0.3 is 0 Å². The third-order valence-corrected chi connectivity index (χ3v) is 4.38. The zero-order chi connectivity index (χ0) is 18.5. The van der Waals surface area contributed by atoms with E-state index in [0.717, 1.165) is 28.0 Å². The highest BCUT2D eigenvalue weighted by Gasteiger charge is 2.11. The molecule has 0 saturated heterocycles. The van der Waals surface area contributed by atoms with Crippen molar-refractivity contribution in [3.8, 4) is 17.4 Å². The van der Waals surface area contributed by atoms with Gasteiger partial charge in [-0.1, -0.05) is 49.4 Å². The number of para-hydroxylation sites is 2. The second-order valence-corrected chi connectivity index (χ2v) is 6.40. The quantitative estimate of drug-likeness (QED) is 0.451. The molecule has 0 radical (unpaired) electrons. The minimum atomic E-state index is 0.193. The maximum absolute atomic E-state index is 6.00. The van der Waals surface area contributed by atoms with Gasteiger partial charge in [0.05, 0.1) is 17.5 Å². The van der Waals surface area contributed by atoms with Gasteiger partial charge < -0.3 is 9.47 Å². The lowest BCUT2D eigenvalue weighted by atomic mass is 10.0. The highest BCUT2D eigenvalue weighted by molar-refractivity contribution is 5.82. The van der Waals surface area contributed by atoms with E-state index in [1.807, 2.05) is 66.7 Å². The zero-order valence-corrected chi connectivity index (χ0v) is 15.1. The van der Waals surface area contributed by atoms with Crippen LogP contribution in [0.25, 0.3) is 10.9 Å². The Bertz CT molecular complexity index is 1030. The van der Waals surface area contributed by atoms with Crippen LogP contribution < -0.4 is 9.47 Å². The Morgan fingerprint density at radius 1 is 0.815 bits per heavy atom. The first-order chi connectivity index (χ1) is 13.3.